The number of ketones is 2. The van der Waals surface area contributed by atoms with Gasteiger partial charge in [-0.15, -0.1) is 0 Å². The van der Waals surface area contributed by atoms with Gasteiger partial charge in [-0.3, -0.25) is 9.59 Å². The number of Topliss-reactive ketones (excluding diaryl/α,β-unsaturated/α-hetero) is 2. The molecule has 0 bridgehead atoms. The Bertz CT molecular complexity index is 1180. The van der Waals surface area contributed by atoms with Crippen LogP contribution in [0.25, 0.3) is 21.5 Å². The summed E-state index contributed by atoms with van der Waals surface area (Å²) in [5, 5.41) is 3.62. The molecule has 40 heavy (non-hydrogen) atoms. The number of likely N-dealkylation sites (N-methyl/N-ethyl adjacent to an activating group) is 2. The summed E-state index contributed by atoms with van der Waals surface area (Å²) >= 11 is 0. The number of nitrogens with zero attached hydrogens (tertiary/aromatic N) is 2. The fourth-order valence-corrected chi connectivity index (χ4v) is 4.97. The Kier molecular flexibility index (Phi) is 12.4. The monoisotopic (exact) mass is 548 g/mol. The van der Waals surface area contributed by atoms with E-state index in [9.17, 15) is 9.59 Å². The standard InChI is InChI=1S/C34H48N2O4/c1-7-9-11-13-19-39-33-27-17-15-25(31(37)23-35(3)4)21-29(27)30-22-26(32(38)24-36(5)6)16-18-28(30)34(33)40-20-14-12-10-8-2/h15-18,21-22H,7-14,19-20,23-24H2,1-6H3. The van der Waals surface area contributed by atoms with Crippen molar-refractivity contribution in [1.29, 1.82) is 0 Å². The molecule has 0 aromatic heterocycles. The number of fused-ring (bicyclic) bond motifs is 3. The molecule has 3 aromatic carbocycles. The van der Waals surface area contributed by atoms with E-state index < -0.39 is 0 Å². The Morgan fingerprint density at radius 3 is 1.32 bits per heavy atom. The number of benzene rings is 3. The Hall–Kier alpha value is -2.96. The molecule has 3 rings (SSSR count). The molecule has 0 amide bonds. The predicted molar refractivity (Wildman–Crippen MR) is 166 cm³/mol. The third kappa shape index (κ3) is 8.52. The van der Waals surface area contributed by atoms with Gasteiger partial charge in [-0.25, -0.2) is 0 Å². The molecule has 218 valence electrons. The van der Waals surface area contributed by atoms with Crippen LogP contribution in [0.3, 0.4) is 0 Å². The highest BCUT2D eigenvalue weighted by Gasteiger charge is 2.21. The van der Waals surface area contributed by atoms with E-state index >= 15 is 0 Å². The number of ether oxygens (including phenoxy) is 2. The first kappa shape index (κ1) is 31.6. The first-order valence-electron chi connectivity index (χ1n) is 14.9. The molecule has 0 fully saturated rings. The molecule has 0 heterocycles. The van der Waals surface area contributed by atoms with Crippen molar-refractivity contribution >= 4 is 33.1 Å². The second kappa shape index (κ2) is 15.7. The summed E-state index contributed by atoms with van der Waals surface area (Å²) in [6, 6.07) is 11.7. The van der Waals surface area contributed by atoms with Gasteiger partial charge < -0.3 is 19.3 Å². The molecule has 0 N–H and O–H groups in total. The van der Waals surface area contributed by atoms with Crippen LogP contribution in [-0.4, -0.2) is 75.9 Å². The SMILES string of the molecule is CCCCCCOc1c(OCCCCCC)c2ccc(C(=O)CN(C)C)cc2c2cc(C(=O)CN(C)C)ccc12. The van der Waals surface area contributed by atoms with Gasteiger partial charge in [0.15, 0.2) is 23.1 Å². The van der Waals surface area contributed by atoms with E-state index in [-0.39, 0.29) is 11.6 Å². The van der Waals surface area contributed by atoms with Crippen LogP contribution < -0.4 is 9.47 Å². The number of hydrogen-bond donors (Lipinski definition) is 0. The lowest BCUT2D eigenvalue weighted by atomic mass is 9.94. The number of hydrogen-bond acceptors (Lipinski definition) is 6. The highest BCUT2D eigenvalue weighted by Crippen LogP contribution is 2.44. The minimum absolute atomic E-state index is 0.0539. The molecule has 0 aliphatic heterocycles. The molecular formula is C34H48N2O4. The fraction of sp³-hybridized carbons (Fsp3) is 0.529. The topological polar surface area (TPSA) is 59.1 Å². The summed E-state index contributed by atoms with van der Waals surface area (Å²) in [5.74, 6) is 1.57. The van der Waals surface area contributed by atoms with Crippen molar-refractivity contribution in [2.24, 2.45) is 0 Å². The molecule has 0 radical (unpaired) electrons. The van der Waals surface area contributed by atoms with Gasteiger partial charge in [0.1, 0.15) is 0 Å². The van der Waals surface area contributed by atoms with E-state index in [1.54, 1.807) is 0 Å². The van der Waals surface area contributed by atoms with Crippen LogP contribution in [0.5, 0.6) is 11.5 Å². The maximum absolute atomic E-state index is 13.0. The van der Waals surface area contributed by atoms with Crippen molar-refractivity contribution in [1.82, 2.24) is 9.80 Å². The van der Waals surface area contributed by atoms with Crippen LogP contribution in [0.15, 0.2) is 36.4 Å². The van der Waals surface area contributed by atoms with Crippen LogP contribution in [0.2, 0.25) is 0 Å². The van der Waals surface area contributed by atoms with E-state index in [1.165, 1.54) is 25.7 Å². The van der Waals surface area contributed by atoms with E-state index in [1.807, 2.05) is 74.4 Å². The lowest BCUT2D eigenvalue weighted by molar-refractivity contribution is 0.0949. The zero-order valence-corrected chi connectivity index (χ0v) is 25.5. The predicted octanol–water partition coefficient (Wildman–Crippen LogP) is 7.40. The lowest BCUT2D eigenvalue weighted by Gasteiger charge is -2.20. The van der Waals surface area contributed by atoms with Gasteiger partial charge in [0.2, 0.25) is 0 Å². The minimum Gasteiger partial charge on any atom is -0.489 e. The highest BCUT2D eigenvalue weighted by molar-refractivity contribution is 6.17. The summed E-state index contributed by atoms with van der Waals surface area (Å²) in [6.45, 7) is 6.27. The summed E-state index contributed by atoms with van der Waals surface area (Å²) in [4.78, 5) is 29.8. The summed E-state index contributed by atoms with van der Waals surface area (Å²) < 4.78 is 13.0. The quantitative estimate of drug-likeness (QED) is 0.0938. The third-order valence-corrected chi connectivity index (χ3v) is 7.08. The first-order chi connectivity index (χ1) is 19.3. The van der Waals surface area contributed by atoms with Gasteiger partial charge in [-0.1, -0.05) is 64.5 Å². The molecule has 3 aromatic rings. The van der Waals surface area contributed by atoms with Crippen molar-refractivity contribution in [2.45, 2.75) is 65.2 Å². The van der Waals surface area contributed by atoms with Crippen LogP contribution in [-0.2, 0) is 0 Å². The number of carbonyl (C=O) groups is 2. The average Bonchev–Trinajstić information content (AvgIpc) is 2.92. The second-order valence-electron chi connectivity index (χ2n) is 11.3. The second-order valence-corrected chi connectivity index (χ2v) is 11.3. The Morgan fingerprint density at radius 1 is 0.575 bits per heavy atom. The zero-order valence-electron chi connectivity index (χ0n) is 25.5. The van der Waals surface area contributed by atoms with Crippen molar-refractivity contribution in [3.05, 3.63) is 47.5 Å². The average molecular weight is 549 g/mol. The number of rotatable bonds is 18. The van der Waals surface area contributed by atoms with Gasteiger partial charge in [-0.2, -0.15) is 0 Å². The van der Waals surface area contributed by atoms with Crippen molar-refractivity contribution in [3.63, 3.8) is 0 Å². The molecule has 0 saturated heterocycles. The number of carbonyl (C=O) groups excluding carboxylic acids is 2. The van der Waals surface area contributed by atoms with E-state index in [2.05, 4.69) is 13.8 Å². The molecule has 6 heteroatoms. The van der Waals surface area contributed by atoms with Gasteiger partial charge in [0.05, 0.1) is 26.3 Å². The molecule has 0 spiro atoms. The van der Waals surface area contributed by atoms with Gasteiger partial charge >= 0.3 is 0 Å². The molecule has 0 aliphatic rings. The molecular weight excluding hydrogens is 500 g/mol. The Morgan fingerprint density at radius 2 is 0.975 bits per heavy atom. The summed E-state index contributed by atoms with van der Waals surface area (Å²) in [6.07, 6.45) is 8.90. The Balaban J connectivity index is 2.19. The van der Waals surface area contributed by atoms with Crippen molar-refractivity contribution in [3.8, 4) is 11.5 Å². The molecule has 0 atom stereocenters. The maximum atomic E-state index is 13.0. The third-order valence-electron chi connectivity index (χ3n) is 7.08. The highest BCUT2D eigenvalue weighted by atomic mass is 16.5. The maximum Gasteiger partial charge on any atom is 0.176 e. The molecule has 0 saturated carbocycles. The first-order valence-corrected chi connectivity index (χ1v) is 14.9. The van der Waals surface area contributed by atoms with Crippen LogP contribution in [0.4, 0.5) is 0 Å². The largest absolute Gasteiger partial charge is 0.489 e. The molecule has 6 nitrogen and oxygen atoms in total. The van der Waals surface area contributed by atoms with E-state index in [0.717, 1.165) is 58.7 Å². The van der Waals surface area contributed by atoms with Gasteiger partial charge in [0.25, 0.3) is 0 Å². The Labute approximate surface area is 240 Å². The fourth-order valence-electron chi connectivity index (χ4n) is 4.97. The van der Waals surface area contributed by atoms with Crippen molar-refractivity contribution < 1.29 is 19.1 Å². The van der Waals surface area contributed by atoms with E-state index in [0.29, 0.717) is 37.4 Å². The van der Waals surface area contributed by atoms with Crippen LogP contribution in [0, 0.1) is 0 Å². The van der Waals surface area contributed by atoms with E-state index in [4.69, 9.17) is 9.47 Å². The van der Waals surface area contributed by atoms with Crippen LogP contribution in [0.1, 0.15) is 85.9 Å². The lowest BCUT2D eigenvalue weighted by Crippen LogP contribution is -2.21. The molecule has 0 aliphatic carbocycles. The van der Waals surface area contributed by atoms with Gasteiger partial charge in [-0.05, 0) is 76.1 Å². The smallest absolute Gasteiger partial charge is 0.176 e. The van der Waals surface area contributed by atoms with Crippen LogP contribution >= 0.6 is 0 Å². The molecule has 0 unspecified atom stereocenters. The summed E-state index contributed by atoms with van der Waals surface area (Å²) in [7, 11) is 7.58. The number of unbranched alkanes of at least 4 members (excludes halogenated alkanes) is 6. The normalized spacial score (nSPS) is 11.6. The minimum atomic E-state index is 0.0539. The van der Waals surface area contributed by atoms with Gasteiger partial charge in [0, 0.05) is 21.9 Å². The summed E-state index contributed by atoms with van der Waals surface area (Å²) in [5.41, 5.74) is 1.30. The van der Waals surface area contributed by atoms with Crippen molar-refractivity contribution in [2.75, 3.05) is 54.5 Å². The zero-order chi connectivity index (χ0) is 29.1.